The molecule has 2 saturated heterocycles. The molecule has 2 N–H and O–H groups in total. The number of fused-ring (bicyclic) bond motifs is 1. The summed E-state index contributed by atoms with van der Waals surface area (Å²) in [5, 5.41) is 6.81. The van der Waals surface area contributed by atoms with Gasteiger partial charge in [-0.25, -0.2) is 0 Å². The highest BCUT2D eigenvalue weighted by Gasteiger charge is 2.32. The predicted octanol–water partition coefficient (Wildman–Crippen LogP) is 2.31. The van der Waals surface area contributed by atoms with Crippen LogP contribution in [0.2, 0.25) is 0 Å². The van der Waals surface area contributed by atoms with Crippen molar-refractivity contribution in [3.8, 4) is 5.75 Å². The number of guanidine groups is 1. The van der Waals surface area contributed by atoms with Crippen LogP contribution in [0.15, 0.2) is 23.2 Å². The summed E-state index contributed by atoms with van der Waals surface area (Å²) in [5.74, 6) is 1.75. The van der Waals surface area contributed by atoms with Gasteiger partial charge in [0.15, 0.2) is 5.96 Å². The monoisotopic (exact) mass is 374 g/mol. The number of hydrogen-bond donors (Lipinski definition) is 2. The molecule has 6 heteroatoms. The fourth-order valence-corrected chi connectivity index (χ4v) is 3.77. The number of nitrogens with one attached hydrogen (secondary N) is 2. The van der Waals surface area contributed by atoms with Gasteiger partial charge < -0.3 is 20.1 Å². The summed E-state index contributed by atoms with van der Waals surface area (Å²) in [4.78, 5) is 6.91. The summed E-state index contributed by atoms with van der Waals surface area (Å²) in [6, 6.07) is 6.99. The zero-order valence-corrected chi connectivity index (χ0v) is 17.0. The van der Waals surface area contributed by atoms with Crippen molar-refractivity contribution in [1.82, 2.24) is 15.5 Å². The lowest BCUT2D eigenvalue weighted by molar-refractivity contribution is -0.0453. The SMILES string of the molecule is CCCOc1cc(C)ccc1CNC(=NC)NCC1CN2CCCC2CO1. The molecule has 1 aromatic rings. The molecule has 6 nitrogen and oxygen atoms in total. The first-order valence-corrected chi connectivity index (χ1v) is 10.2. The van der Waals surface area contributed by atoms with E-state index in [9.17, 15) is 0 Å². The van der Waals surface area contributed by atoms with Crippen molar-refractivity contribution in [3.63, 3.8) is 0 Å². The second kappa shape index (κ2) is 9.95. The third-order valence-electron chi connectivity index (χ3n) is 5.31. The fourth-order valence-electron chi connectivity index (χ4n) is 3.77. The standard InChI is InChI=1S/C21H34N4O2/c1-4-10-26-20-11-16(2)7-8-17(20)12-23-21(22-3)24-13-19-14-25-9-5-6-18(25)15-27-19/h7-8,11,18-19H,4-6,9-10,12-15H2,1-3H3,(H2,22,23,24). The number of aliphatic imine (C=N–C) groups is 1. The van der Waals surface area contributed by atoms with Gasteiger partial charge in [-0.15, -0.1) is 0 Å². The molecule has 0 spiro atoms. The number of aryl methyl sites for hydroxylation is 1. The molecule has 27 heavy (non-hydrogen) atoms. The number of morpholine rings is 1. The first-order chi connectivity index (χ1) is 13.2. The van der Waals surface area contributed by atoms with E-state index in [1.165, 1.54) is 24.9 Å². The third-order valence-corrected chi connectivity index (χ3v) is 5.31. The van der Waals surface area contributed by atoms with E-state index in [2.05, 4.69) is 52.6 Å². The maximum absolute atomic E-state index is 6.02. The Morgan fingerprint density at radius 1 is 1.37 bits per heavy atom. The molecular formula is C21H34N4O2. The molecule has 150 valence electrons. The minimum atomic E-state index is 0.223. The molecule has 0 bridgehead atoms. The van der Waals surface area contributed by atoms with Gasteiger partial charge in [0, 0.05) is 38.3 Å². The quantitative estimate of drug-likeness (QED) is 0.567. The first kappa shape index (κ1) is 20.0. The van der Waals surface area contributed by atoms with Crippen LogP contribution in [-0.4, -0.2) is 62.9 Å². The van der Waals surface area contributed by atoms with Crippen molar-refractivity contribution in [1.29, 1.82) is 0 Å². The molecule has 2 heterocycles. The summed E-state index contributed by atoms with van der Waals surface area (Å²) in [6.45, 7) is 9.49. The molecule has 0 saturated carbocycles. The van der Waals surface area contributed by atoms with Crippen molar-refractivity contribution in [2.24, 2.45) is 4.99 Å². The van der Waals surface area contributed by atoms with Crippen LogP contribution in [0.4, 0.5) is 0 Å². The lowest BCUT2D eigenvalue weighted by Gasteiger charge is -2.35. The summed E-state index contributed by atoms with van der Waals surface area (Å²) < 4.78 is 11.9. The van der Waals surface area contributed by atoms with Crippen LogP contribution in [0.3, 0.4) is 0 Å². The third kappa shape index (κ3) is 5.59. The molecule has 0 aliphatic carbocycles. The molecule has 0 aromatic heterocycles. The molecule has 2 fully saturated rings. The molecular weight excluding hydrogens is 340 g/mol. The highest BCUT2D eigenvalue weighted by Crippen LogP contribution is 2.22. The van der Waals surface area contributed by atoms with Crippen molar-refractivity contribution in [2.75, 3.05) is 39.9 Å². The summed E-state index contributed by atoms with van der Waals surface area (Å²) in [6.07, 6.45) is 3.81. The Bertz CT molecular complexity index is 635. The van der Waals surface area contributed by atoms with Crippen LogP contribution in [-0.2, 0) is 11.3 Å². The molecule has 0 amide bonds. The van der Waals surface area contributed by atoms with Gasteiger partial charge in [0.25, 0.3) is 0 Å². The van der Waals surface area contributed by atoms with Crippen LogP contribution in [0, 0.1) is 6.92 Å². The van der Waals surface area contributed by atoms with E-state index >= 15 is 0 Å². The van der Waals surface area contributed by atoms with Crippen molar-refractivity contribution < 1.29 is 9.47 Å². The van der Waals surface area contributed by atoms with E-state index in [4.69, 9.17) is 9.47 Å². The second-order valence-corrected chi connectivity index (χ2v) is 7.51. The molecule has 3 rings (SSSR count). The predicted molar refractivity (Wildman–Crippen MR) is 110 cm³/mol. The maximum atomic E-state index is 6.02. The number of hydrogen-bond acceptors (Lipinski definition) is 4. The topological polar surface area (TPSA) is 58.1 Å². The maximum Gasteiger partial charge on any atom is 0.191 e. The van der Waals surface area contributed by atoms with Gasteiger partial charge in [0.1, 0.15) is 5.75 Å². The highest BCUT2D eigenvalue weighted by molar-refractivity contribution is 5.79. The molecule has 1 aromatic carbocycles. The minimum Gasteiger partial charge on any atom is -0.493 e. The van der Waals surface area contributed by atoms with Gasteiger partial charge in [-0.3, -0.25) is 9.89 Å². The Labute approximate surface area is 163 Å². The van der Waals surface area contributed by atoms with Crippen LogP contribution < -0.4 is 15.4 Å². The van der Waals surface area contributed by atoms with Crippen LogP contribution >= 0.6 is 0 Å². The normalized spacial score (nSPS) is 23.1. The van der Waals surface area contributed by atoms with Crippen LogP contribution in [0.1, 0.15) is 37.3 Å². The van der Waals surface area contributed by atoms with Gasteiger partial charge in [-0.05, 0) is 44.4 Å². The molecule has 2 atom stereocenters. The zero-order chi connectivity index (χ0) is 19.1. The van der Waals surface area contributed by atoms with E-state index < -0.39 is 0 Å². The van der Waals surface area contributed by atoms with Gasteiger partial charge in [-0.2, -0.15) is 0 Å². The van der Waals surface area contributed by atoms with E-state index in [0.717, 1.165) is 50.0 Å². The van der Waals surface area contributed by atoms with E-state index in [1.807, 2.05) is 0 Å². The Morgan fingerprint density at radius 2 is 2.26 bits per heavy atom. The largest absolute Gasteiger partial charge is 0.493 e. The Balaban J connectivity index is 1.48. The number of benzene rings is 1. The average Bonchev–Trinajstić information content (AvgIpc) is 3.15. The molecule has 2 unspecified atom stereocenters. The van der Waals surface area contributed by atoms with Crippen LogP contribution in [0.25, 0.3) is 0 Å². The van der Waals surface area contributed by atoms with Gasteiger partial charge >= 0.3 is 0 Å². The van der Waals surface area contributed by atoms with Crippen LogP contribution in [0.5, 0.6) is 5.75 Å². The number of ether oxygens (including phenoxy) is 2. The first-order valence-electron chi connectivity index (χ1n) is 10.2. The molecule has 2 aliphatic rings. The van der Waals surface area contributed by atoms with Gasteiger partial charge in [-0.1, -0.05) is 19.1 Å². The Hall–Kier alpha value is -1.79. The summed E-state index contributed by atoms with van der Waals surface area (Å²) in [5.41, 5.74) is 2.35. The van der Waals surface area contributed by atoms with Gasteiger partial charge in [0.05, 0.1) is 19.3 Å². The minimum absolute atomic E-state index is 0.223. The number of nitrogens with zero attached hydrogens (tertiary/aromatic N) is 2. The van der Waals surface area contributed by atoms with Crippen molar-refractivity contribution in [2.45, 2.75) is 51.8 Å². The Morgan fingerprint density at radius 3 is 3.07 bits per heavy atom. The van der Waals surface area contributed by atoms with E-state index in [0.29, 0.717) is 12.6 Å². The Kier molecular flexibility index (Phi) is 7.35. The van der Waals surface area contributed by atoms with E-state index in [-0.39, 0.29) is 6.10 Å². The molecule has 0 radical (unpaired) electrons. The summed E-state index contributed by atoms with van der Waals surface area (Å²) in [7, 11) is 1.80. The smallest absolute Gasteiger partial charge is 0.191 e. The zero-order valence-electron chi connectivity index (χ0n) is 17.0. The average molecular weight is 375 g/mol. The number of rotatable bonds is 7. The van der Waals surface area contributed by atoms with E-state index in [1.54, 1.807) is 7.05 Å². The lowest BCUT2D eigenvalue weighted by Crippen LogP contribution is -2.51. The lowest BCUT2D eigenvalue weighted by atomic mass is 10.1. The fraction of sp³-hybridized carbons (Fsp3) is 0.667. The van der Waals surface area contributed by atoms with Crippen molar-refractivity contribution in [3.05, 3.63) is 29.3 Å². The highest BCUT2D eigenvalue weighted by atomic mass is 16.5. The van der Waals surface area contributed by atoms with Crippen molar-refractivity contribution >= 4 is 5.96 Å². The molecule has 2 aliphatic heterocycles. The second-order valence-electron chi connectivity index (χ2n) is 7.51. The summed E-state index contributed by atoms with van der Waals surface area (Å²) >= 11 is 0. The van der Waals surface area contributed by atoms with Gasteiger partial charge in [0.2, 0.25) is 0 Å².